The number of hydrogen-bond donors (Lipinski definition) is 0. The molecule has 3 aliphatic carbocycles. The van der Waals surface area contributed by atoms with Crippen molar-refractivity contribution in [3.63, 3.8) is 0 Å². The minimum atomic E-state index is -0.177. The lowest BCUT2D eigenvalue weighted by molar-refractivity contribution is -0.123. The highest BCUT2D eigenvalue weighted by Gasteiger charge is 2.45. The molecule has 0 unspecified atom stereocenters. The van der Waals surface area contributed by atoms with Crippen molar-refractivity contribution in [3.05, 3.63) is 0 Å². The van der Waals surface area contributed by atoms with E-state index in [1.165, 1.54) is 64.2 Å². The predicted octanol–water partition coefficient (Wildman–Crippen LogP) is 6.83. The van der Waals surface area contributed by atoms with Crippen LogP contribution in [0.2, 0.25) is 0 Å². The molecule has 1 atom stereocenters. The monoisotopic (exact) mass is 357 g/mol. The molecule has 3 saturated carbocycles. The minimum absolute atomic E-state index is 0.177. The molecule has 0 aliphatic heterocycles. The number of carbonyl (C=O) groups is 1. The van der Waals surface area contributed by atoms with Crippen LogP contribution in [0.25, 0.3) is 0 Å². The summed E-state index contributed by atoms with van der Waals surface area (Å²) in [6.45, 7) is 2.30. The average molecular weight is 358 g/mol. The lowest BCUT2D eigenvalue weighted by Gasteiger charge is -2.44. The zero-order chi connectivity index (χ0) is 18.4. The molecule has 0 aromatic carbocycles. The number of ketones is 1. The maximum Gasteiger partial charge on any atom is 0.133 e. The van der Waals surface area contributed by atoms with Gasteiger partial charge in [-0.1, -0.05) is 45.4 Å². The summed E-state index contributed by atoms with van der Waals surface area (Å²) in [4.78, 5) is 11.9. The molecule has 146 valence electrons. The highest BCUT2D eigenvalue weighted by Crippen LogP contribution is 2.51. The van der Waals surface area contributed by atoms with E-state index < -0.39 is 0 Å². The van der Waals surface area contributed by atoms with Crippen LogP contribution in [0, 0.1) is 40.4 Å². The quantitative estimate of drug-likeness (QED) is 0.489. The topological polar surface area (TPSA) is 40.9 Å². The largest absolute Gasteiger partial charge is 0.300 e. The van der Waals surface area contributed by atoms with Crippen molar-refractivity contribution in [3.8, 4) is 6.07 Å². The third-order valence-corrected chi connectivity index (χ3v) is 8.18. The zero-order valence-corrected chi connectivity index (χ0v) is 17.0. The standard InChI is InChI=1S/C24H39NO/c1-2-3-4-6-19-9-11-20(12-10-19)21-13-15-24(18-25,16-14-21)22-7-5-8-23(26)17-22/h19-22H,2-17H2,1H3/t19?,20?,21?,22-,24?/m1/s1. The van der Waals surface area contributed by atoms with Crippen molar-refractivity contribution in [2.45, 2.75) is 110 Å². The Hall–Kier alpha value is -0.840. The van der Waals surface area contributed by atoms with Crippen molar-refractivity contribution in [1.29, 1.82) is 5.26 Å². The van der Waals surface area contributed by atoms with E-state index in [4.69, 9.17) is 0 Å². The molecule has 3 aliphatic rings. The van der Waals surface area contributed by atoms with Crippen LogP contribution in [0.5, 0.6) is 0 Å². The van der Waals surface area contributed by atoms with Crippen LogP contribution in [-0.2, 0) is 4.79 Å². The first-order valence-corrected chi connectivity index (χ1v) is 11.6. The van der Waals surface area contributed by atoms with Gasteiger partial charge in [0.1, 0.15) is 5.78 Å². The summed E-state index contributed by atoms with van der Waals surface area (Å²) in [7, 11) is 0. The fourth-order valence-electron chi connectivity index (χ4n) is 6.37. The third kappa shape index (κ3) is 4.71. The number of hydrogen-bond acceptors (Lipinski definition) is 2. The van der Waals surface area contributed by atoms with Crippen LogP contribution >= 0.6 is 0 Å². The Balaban J connectivity index is 1.46. The highest BCUT2D eigenvalue weighted by molar-refractivity contribution is 5.79. The van der Waals surface area contributed by atoms with E-state index >= 15 is 0 Å². The van der Waals surface area contributed by atoms with Gasteiger partial charge in [0.2, 0.25) is 0 Å². The molecule has 0 aromatic heterocycles. The second-order valence-corrected chi connectivity index (χ2v) is 9.71. The summed E-state index contributed by atoms with van der Waals surface area (Å²) in [5.41, 5.74) is -0.177. The van der Waals surface area contributed by atoms with E-state index in [-0.39, 0.29) is 5.41 Å². The summed E-state index contributed by atoms with van der Waals surface area (Å²) in [6, 6.07) is 2.71. The normalized spacial score (nSPS) is 38.7. The number of nitriles is 1. The Morgan fingerprint density at radius 2 is 1.69 bits per heavy atom. The van der Waals surface area contributed by atoms with E-state index in [0.717, 1.165) is 49.9 Å². The molecule has 3 fully saturated rings. The Kier molecular flexibility index (Phi) is 7.19. The first kappa shape index (κ1) is 19.9. The van der Waals surface area contributed by atoms with Crippen molar-refractivity contribution >= 4 is 5.78 Å². The van der Waals surface area contributed by atoms with Gasteiger partial charge in [0.25, 0.3) is 0 Å². The van der Waals surface area contributed by atoms with E-state index in [0.29, 0.717) is 18.1 Å². The number of nitrogens with zero attached hydrogens (tertiary/aromatic N) is 1. The summed E-state index contributed by atoms with van der Waals surface area (Å²) in [5, 5.41) is 9.95. The Morgan fingerprint density at radius 3 is 2.31 bits per heavy atom. The van der Waals surface area contributed by atoms with Gasteiger partial charge in [-0.3, -0.25) is 4.79 Å². The van der Waals surface area contributed by atoms with Crippen molar-refractivity contribution in [2.75, 3.05) is 0 Å². The number of unbranched alkanes of at least 4 members (excludes halogenated alkanes) is 2. The summed E-state index contributed by atoms with van der Waals surface area (Å²) in [5.74, 6) is 3.52. The van der Waals surface area contributed by atoms with E-state index in [2.05, 4.69) is 13.0 Å². The Bertz CT molecular complexity index is 489. The van der Waals surface area contributed by atoms with Gasteiger partial charge >= 0.3 is 0 Å². The first-order chi connectivity index (χ1) is 12.7. The molecule has 26 heavy (non-hydrogen) atoms. The van der Waals surface area contributed by atoms with Gasteiger partial charge in [0, 0.05) is 12.8 Å². The molecule has 0 bridgehead atoms. The molecule has 3 rings (SSSR count). The lowest BCUT2D eigenvalue weighted by atomic mass is 9.58. The maximum absolute atomic E-state index is 11.9. The van der Waals surface area contributed by atoms with Gasteiger partial charge in [-0.05, 0) is 75.0 Å². The molecule has 0 saturated heterocycles. The van der Waals surface area contributed by atoms with Crippen LogP contribution in [0.4, 0.5) is 0 Å². The fraction of sp³-hybridized carbons (Fsp3) is 0.917. The smallest absolute Gasteiger partial charge is 0.133 e. The van der Waals surface area contributed by atoms with Gasteiger partial charge in [-0.15, -0.1) is 0 Å². The lowest BCUT2D eigenvalue weighted by Crippen LogP contribution is -2.38. The molecular weight excluding hydrogens is 318 g/mol. The van der Waals surface area contributed by atoms with Crippen LogP contribution < -0.4 is 0 Å². The fourth-order valence-corrected chi connectivity index (χ4v) is 6.37. The minimum Gasteiger partial charge on any atom is -0.300 e. The van der Waals surface area contributed by atoms with Crippen molar-refractivity contribution in [2.24, 2.45) is 29.1 Å². The maximum atomic E-state index is 11.9. The first-order valence-electron chi connectivity index (χ1n) is 11.6. The molecule has 0 radical (unpaired) electrons. The Labute approximate surface area is 161 Å². The SMILES string of the molecule is CCCCCC1CCC(C2CCC(C#N)([C@@H]3CCCC(=O)C3)CC2)CC1. The molecule has 2 nitrogen and oxygen atoms in total. The van der Waals surface area contributed by atoms with Gasteiger partial charge in [-0.25, -0.2) is 0 Å². The van der Waals surface area contributed by atoms with E-state index in [9.17, 15) is 10.1 Å². The molecule has 0 amide bonds. The Morgan fingerprint density at radius 1 is 1.00 bits per heavy atom. The summed E-state index contributed by atoms with van der Waals surface area (Å²) >= 11 is 0. The second kappa shape index (κ2) is 9.38. The molecule has 2 heteroatoms. The number of rotatable bonds is 6. The summed E-state index contributed by atoms with van der Waals surface area (Å²) in [6.07, 6.45) is 19.5. The number of Topliss-reactive ketones (excluding diaryl/α,β-unsaturated/α-hetero) is 1. The third-order valence-electron chi connectivity index (χ3n) is 8.18. The van der Waals surface area contributed by atoms with Crippen LogP contribution in [-0.4, -0.2) is 5.78 Å². The molecule has 0 spiro atoms. The van der Waals surface area contributed by atoms with E-state index in [1.807, 2.05) is 0 Å². The molecular formula is C24H39NO. The molecule has 0 aromatic rings. The van der Waals surface area contributed by atoms with Crippen LogP contribution in [0.15, 0.2) is 0 Å². The van der Waals surface area contributed by atoms with Gasteiger partial charge < -0.3 is 0 Å². The number of carbonyl (C=O) groups excluding carboxylic acids is 1. The van der Waals surface area contributed by atoms with Gasteiger partial charge in [-0.2, -0.15) is 5.26 Å². The predicted molar refractivity (Wildman–Crippen MR) is 107 cm³/mol. The zero-order valence-electron chi connectivity index (χ0n) is 17.0. The molecule has 0 N–H and O–H groups in total. The van der Waals surface area contributed by atoms with Crippen molar-refractivity contribution < 1.29 is 4.79 Å². The second-order valence-electron chi connectivity index (χ2n) is 9.71. The van der Waals surface area contributed by atoms with Crippen LogP contribution in [0.3, 0.4) is 0 Å². The highest BCUT2D eigenvalue weighted by atomic mass is 16.1. The van der Waals surface area contributed by atoms with Gasteiger partial charge in [0.15, 0.2) is 0 Å². The van der Waals surface area contributed by atoms with E-state index in [1.54, 1.807) is 0 Å². The summed E-state index contributed by atoms with van der Waals surface area (Å²) < 4.78 is 0. The van der Waals surface area contributed by atoms with Crippen LogP contribution in [0.1, 0.15) is 110 Å². The average Bonchev–Trinajstić information content (AvgIpc) is 2.69. The van der Waals surface area contributed by atoms with Gasteiger partial charge in [0.05, 0.1) is 11.5 Å². The molecule has 0 heterocycles. The van der Waals surface area contributed by atoms with Crippen molar-refractivity contribution in [1.82, 2.24) is 0 Å².